The normalized spacial score (nSPS) is 16.0. The van der Waals surface area contributed by atoms with E-state index in [1.54, 1.807) is 7.11 Å². The van der Waals surface area contributed by atoms with E-state index in [1.807, 2.05) is 37.4 Å². The van der Waals surface area contributed by atoms with E-state index in [1.165, 1.54) is 0 Å². The van der Waals surface area contributed by atoms with Gasteiger partial charge in [-0.15, -0.1) is 0 Å². The standard InChI is InChI=1S/C20H25N3O3/c1-4-6-10-15-18(20(24)26-5-2)17(14-12-21-23-19(14)22-15)13-9-7-8-11-16(13)25-3/h7-9,11-12,17H,4-6,10H2,1-3H3,(H2,21,22,23). The van der Waals surface area contributed by atoms with Crippen LogP contribution in [0.5, 0.6) is 5.75 Å². The van der Waals surface area contributed by atoms with Crippen molar-refractivity contribution in [1.82, 2.24) is 10.2 Å². The summed E-state index contributed by atoms with van der Waals surface area (Å²) >= 11 is 0. The highest BCUT2D eigenvalue weighted by molar-refractivity contribution is 5.94. The van der Waals surface area contributed by atoms with Gasteiger partial charge < -0.3 is 14.8 Å². The van der Waals surface area contributed by atoms with Crippen LogP contribution in [0.3, 0.4) is 0 Å². The zero-order valence-corrected chi connectivity index (χ0v) is 15.5. The Kier molecular flexibility index (Phi) is 5.61. The third-order valence-electron chi connectivity index (χ3n) is 4.59. The molecule has 2 aromatic rings. The monoisotopic (exact) mass is 355 g/mol. The van der Waals surface area contributed by atoms with E-state index in [9.17, 15) is 4.79 Å². The molecule has 1 aliphatic heterocycles. The molecule has 0 saturated carbocycles. The van der Waals surface area contributed by atoms with E-state index < -0.39 is 0 Å². The van der Waals surface area contributed by atoms with Gasteiger partial charge in [0.2, 0.25) is 0 Å². The van der Waals surface area contributed by atoms with Crippen LogP contribution in [0.2, 0.25) is 0 Å². The van der Waals surface area contributed by atoms with Crippen molar-refractivity contribution in [2.75, 3.05) is 19.0 Å². The number of H-pyrrole nitrogens is 1. The van der Waals surface area contributed by atoms with Gasteiger partial charge in [0.05, 0.1) is 25.2 Å². The molecule has 0 fully saturated rings. The number of carbonyl (C=O) groups excluding carboxylic acids is 1. The van der Waals surface area contributed by atoms with Gasteiger partial charge in [-0.1, -0.05) is 31.5 Å². The lowest BCUT2D eigenvalue weighted by Gasteiger charge is -2.29. The number of unbranched alkanes of at least 4 members (excludes halogenated alkanes) is 1. The van der Waals surface area contributed by atoms with Crippen molar-refractivity contribution >= 4 is 11.8 Å². The van der Waals surface area contributed by atoms with E-state index in [0.29, 0.717) is 12.2 Å². The molecule has 0 bridgehead atoms. The minimum absolute atomic E-state index is 0.285. The highest BCUT2D eigenvalue weighted by Gasteiger charge is 2.36. The number of esters is 1. The molecule has 0 saturated heterocycles. The first-order valence-corrected chi connectivity index (χ1v) is 9.05. The maximum absolute atomic E-state index is 12.9. The average Bonchev–Trinajstić information content (AvgIpc) is 3.13. The van der Waals surface area contributed by atoms with Gasteiger partial charge in [0.1, 0.15) is 5.75 Å². The fraction of sp³-hybridized carbons (Fsp3) is 0.400. The molecular formula is C20H25N3O3. The first kappa shape index (κ1) is 18.0. The van der Waals surface area contributed by atoms with Crippen LogP contribution in [-0.2, 0) is 9.53 Å². The molecule has 1 aliphatic rings. The second-order valence-corrected chi connectivity index (χ2v) is 6.21. The summed E-state index contributed by atoms with van der Waals surface area (Å²) in [6, 6.07) is 7.77. The van der Waals surface area contributed by atoms with Crippen molar-refractivity contribution in [3.63, 3.8) is 0 Å². The Balaban J connectivity index is 2.18. The number of nitrogens with one attached hydrogen (secondary N) is 2. The lowest BCUT2D eigenvalue weighted by atomic mass is 9.81. The topological polar surface area (TPSA) is 76.2 Å². The summed E-state index contributed by atoms with van der Waals surface area (Å²) in [6.07, 6.45) is 4.61. The number of aromatic amines is 1. The number of benzene rings is 1. The molecular weight excluding hydrogens is 330 g/mol. The molecule has 0 aliphatic carbocycles. The van der Waals surface area contributed by atoms with Crippen LogP contribution < -0.4 is 10.1 Å². The molecule has 26 heavy (non-hydrogen) atoms. The summed E-state index contributed by atoms with van der Waals surface area (Å²) in [7, 11) is 1.64. The van der Waals surface area contributed by atoms with Crippen LogP contribution in [0.15, 0.2) is 41.7 Å². The summed E-state index contributed by atoms with van der Waals surface area (Å²) in [5.41, 5.74) is 3.36. The third-order valence-corrected chi connectivity index (χ3v) is 4.59. The van der Waals surface area contributed by atoms with E-state index in [4.69, 9.17) is 9.47 Å². The second-order valence-electron chi connectivity index (χ2n) is 6.21. The lowest BCUT2D eigenvalue weighted by Crippen LogP contribution is -2.25. The summed E-state index contributed by atoms with van der Waals surface area (Å²) in [6.45, 7) is 4.28. The smallest absolute Gasteiger partial charge is 0.336 e. The summed E-state index contributed by atoms with van der Waals surface area (Å²) < 4.78 is 11.0. The van der Waals surface area contributed by atoms with Crippen LogP contribution in [0.1, 0.15) is 50.2 Å². The van der Waals surface area contributed by atoms with Gasteiger partial charge in [-0.3, -0.25) is 5.10 Å². The highest BCUT2D eigenvalue weighted by Crippen LogP contribution is 2.45. The molecule has 6 heteroatoms. The summed E-state index contributed by atoms with van der Waals surface area (Å²) in [5.74, 6) is 0.907. The number of rotatable bonds is 7. The molecule has 1 aromatic heterocycles. The molecule has 0 amide bonds. The third kappa shape index (κ3) is 3.31. The number of anilines is 1. The number of carbonyl (C=O) groups is 1. The number of aromatic nitrogens is 2. The van der Waals surface area contributed by atoms with Gasteiger partial charge >= 0.3 is 5.97 Å². The van der Waals surface area contributed by atoms with Crippen molar-refractivity contribution in [2.24, 2.45) is 0 Å². The fourth-order valence-electron chi connectivity index (χ4n) is 3.39. The number of hydrogen-bond acceptors (Lipinski definition) is 5. The van der Waals surface area contributed by atoms with Crippen LogP contribution in [0.4, 0.5) is 5.82 Å². The lowest BCUT2D eigenvalue weighted by molar-refractivity contribution is -0.138. The molecule has 3 rings (SSSR count). The van der Waals surface area contributed by atoms with E-state index in [-0.39, 0.29) is 11.9 Å². The number of fused-ring (bicyclic) bond motifs is 1. The number of nitrogens with zero attached hydrogens (tertiary/aromatic N) is 1. The fourth-order valence-corrected chi connectivity index (χ4v) is 3.39. The molecule has 1 aromatic carbocycles. The van der Waals surface area contributed by atoms with Crippen molar-refractivity contribution in [1.29, 1.82) is 0 Å². The van der Waals surface area contributed by atoms with Gasteiger partial charge in [0.15, 0.2) is 5.82 Å². The summed E-state index contributed by atoms with van der Waals surface area (Å²) in [4.78, 5) is 12.9. The Hall–Kier alpha value is -2.76. The van der Waals surface area contributed by atoms with Gasteiger partial charge in [-0.05, 0) is 25.8 Å². The zero-order chi connectivity index (χ0) is 18.5. The van der Waals surface area contributed by atoms with Crippen molar-refractivity contribution in [3.8, 4) is 5.75 Å². The maximum atomic E-state index is 12.9. The van der Waals surface area contributed by atoms with Crippen molar-refractivity contribution in [2.45, 2.75) is 39.0 Å². The molecule has 6 nitrogen and oxygen atoms in total. The summed E-state index contributed by atoms with van der Waals surface area (Å²) in [5, 5.41) is 10.6. The predicted octanol–water partition coefficient (Wildman–Crippen LogP) is 3.98. The Bertz CT molecular complexity index is 810. The highest BCUT2D eigenvalue weighted by atomic mass is 16.5. The van der Waals surface area contributed by atoms with E-state index >= 15 is 0 Å². The SMILES string of the molecule is CCCCC1=C(C(=O)OCC)C(c2ccccc2OC)c2c[nH]nc2N1. The largest absolute Gasteiger partial charge is 0.496 e. The van der Waals surface area contributed by atoms with Gasteiger partial charge in [0.25, 0.3) is 0 Å². The van der Waals surface area contributed by atoms with Crippen molar-refractivity contribution < 1.29 is 14.3 Å². The number of para-hydroxylation sites is 1. The number of ether oxygens (including phenoxy) is 2. The molecule has 2 N–H and O–H groups in total. The first-order chi connectivity index (χ1) is 12.7. The Morgan fingerprint density at radius 2 is 2.04 bits per heavy atom. The van der Waals surface area contributed by atoms with Crippen molar-refractivity contribution in [3.05, 3.63) is 52.9 Å². The molecule has 0 spiro atoms. The predicted molar refractivity (Wildman–Crippen MR) is 100 cm³/mol. The van der Waals surface area contributed by atoms with E-state index in [2.05, 4.69) is 22.4 Å². The quantitative estimate of drug-likeness (QED) is 0.735. The minimum Gasteiger partial charge on any atom is -0.496 e. The van der Waals surface area contributed by atoms with E-state index in [0.717, 1.165) is 47.7 Å². The van der Waals surface area contributed by atoms with Crippen LogP contribution in [0, 0.1) is 0 Å². The Morgan fingerprint density at radius 1 is 1.23 bits per heavy atom. The first-order valence-electron chi connectivity index (χ1n) is 9.05. The zero-order valence-electron chi connectivity index (χ0n) is 15.5. The molecule has 2 heterocycles. The molecule has 138 valence electrons. The Labute approximate surface area is 153 Å². The van der Waals surface area contributed by atoms with Crippen LogP contribution >= 0.6 is 0 Å². The van der Waals surface area contributed by atoms with Gasteiger partial charge in [-0.25, -0.2) is 4.79 Å². The second kappa shape index (κ2) is 8.08. The number of methoxy groups -OCH3 is 1. The van der Waals surface area contributed by atoms with Crippen LogP contribution in [0.25, 0.3) is 0 Å². The number of allylic oxidation sites excluding steroid dienone is 1. The number of hydrogen-bond donors (Lipinski definition) is 2. The van der Waals surface area contributed by atoms with Crippen LogP contribution in [-0.4, -0.2) is 29.9 Å². The maximum Gasteiger partial charge on any atom is 0.336 e. The average molecular weight is 355 g/mol. The minimum atomic E-state index is -0.297. The molecule has 1 unspecified atom stereocenters. The molecule has 1 atom stereocenters. The van der Waals surface area contributed by atoms with Gasteiger partial charge in [-0.2, -0.15) is 5.10 Å². The molecule has 0 radical (unpaired) electrons. The Morgan fingerprint density at radius 3 is 2.77 bits per heavy atom. The van der Waals surface area contributed by atoms with Gasteiger partial charge in [0, 0.05) is 23.0 Å².